The van der Waals surface area contributed by atoms with Crippen LogP contribution in [-0.4, -0.2) is 70.1 Å². The molecular weight excluding hydrogens is 544 g/mol. The predicted molar refractivity (Wildman–Crippen MR) is 153 cm³/mol. The molecule has 0 bridgehead atoms. The van der Waals surface area contributed by atoms with Gasteiger partial charge in [0.15, 0.2) is 0 Å². The number of halogens is 3. The summed E-state index contributed by atoms with van der Waals surface area (Å²) in [5, 5.41) is 14.5. The standard InChI is InChI=1S/C28H27ClFN5O3.ClH/c29-17-1-2-18-23(3-6-31-24(18)13-17)32-7-8-34-9-11-35(12-10-34)28(4-5-28)21-15-25-19(14-22(21)30)26(36)20(16-33-25)27(37)38;/h1-3,6,13-16H,4-5,7-12H2,(H,31,32)(H,33,36)(H,37,38);1H. The van der Waals surface area contributed by atoms with Crippen LogP contribution >= 0.6 is 24.0 Å². The zero-order chi connectivity index (χ0) is 26.4. The van der Waals surface area contributed by atoms with Gasteiger partial charge in [-0.3, -0.25) is 19.6 Å². The largest absolute Gasteiger partial charge is 0.477 e. The van der Waals surface area contributed by atoms with Gasteiger partial charge in [-0.15, -0.1) is 12.4 Å². The minimum atomic E-state index is -1.33. The molecule has 1 saturated heterocycles. The molecule has 3 heterocycles. The summed E-state index contributed by atoms with van der Waals surface area (Å²) >= 11 is 6.10. The van der Waals surface area contributed by atoms with Crippen LogP contribution < -0.4 is 10.7 Å². The van der Waals surface area contributed by atoms with Crippen LogP contribution in [0.3, 0.4) is 0 Å². The van der Waals surface area contributed by atoms with Crippen molar-refractivity contribution in [3.05, 3.63) is 81.0 Å². The highest BCUT2D eigenvalue weighted by molar-refractivity contribution is 6.31. The van der Waals surface area contributed by atoms with Crippen molar-refractivity contribution in [3.8, 4) is 0 Å². The fourth-order valence-corrected chi connectivity index (χ4v) is 5.82. The van der Waals surface area contributed by atoms with Gasteiger partial charge >= 0.3 is 5.97 Å². The van der Waals surface area contributed by atoms with Crippen LogP contribution in [0.15, 0.2) is 53.6 Å². The lowest BCUT2D eigenvalue weighted by molar-refractivity contribution is 0.0695. The summed E-state index contributed by atoms with van der Waals surface area (Å²) in [7, 11) is 0. The van der Waals surface area contributed by atoms with Gasteiger partial charge in [0.1, 0.15) is 11.4 Å². The smallest absolute Gasteiger partial charge is 0.341 e. The molecule has 0 radical (unpaired) electrons. The molecule has 39 heavy (non-hydrogen) atoms. The molecule has 1 aliphatic carbocycles. The number of aromatic nitrogens is 2. The maximum atomic E-state index is 15.3. The first-order valence-electron chi connectivity index (χ1n) is 12.7. The molecule has 0 spiro atoms. The number of carboxylic acids is 1. The Balaban J connectivity index is 0.00000308. The number of benzene rings is 2. The van der Waals surface area contributed by atoms with E-state index in [9.17, 15) is 14.7 Å². The Morgan fingerprint density at radius 1 is 1.13 bits per heavy atom. The van der Waals surface area contributed by atoms with Crippen molar-refractivity contribution in [3.63, 3.8) is 0 Å². The Morgan fingerprint density at radius 2 is 1.90 bits per heavy atom. The first kappa shape index (κ1) is 27.3. The van der Waals surface area contributed by atoms with E-state index in [2.05, 4.69) is 25.1 Å². The average molecular weight is 572 g/mol. The topological polar surface area (TPSA) is 102 Å². The SMILES string of the molecule is Cl.O=C(O)c1c[nH]c2cc(C3(N4CCN(CCNc5ccnc6cc(Cl)ccc56)CC4)CC3)c(F)cc2c1=O. The number of piperazine rings is 1. The van der Waals surface area contributed by atoms with E-state index in [0.29, 0.717) is 16.1 Å². The van der Waals surface area contributed by atoms with Gasteiger partial charge in [-0.2, -0.15) is 0 Å². The monoisotopic (exact) mass is 571 g/mol. The number of fused-ring (bicyclic) bond motifs is 2. The molecule has 0 unspecified atom stereocenters. The molecule has 2 aromatic heterocycles. The van der Waals surface area contributed by atoms with E-state index in [1.54, 1.807) is 12.3 Å². The zero-order valence-electron chi connectivity index (χ0n) is 21.0. The molecule has 8 nitrogen and oxygen atoms in total. The first-order valence-corrected chi connectivity index (χ1v) is 13.1. The fourth-order valence-electron chi connectivity index (χ4n) is 5.65. The van der Waals surface area contributed by atoms with Crippen LogP contribution in [0.4, 0.5) is 10.1 Å². The van der Waals surface area contributed by atoms with Crippen LogP contribution in [0.5, 0.6) is 0 Å². The zero-order valence-corrected chi connectivity index (χ0v) is 22.6. The lowest BCUT2D eigenvalue weighted by Crippen LogP contribution is -2.51. The second-order valence-corrected chi connectivity index (χ2v) is 10.5. The van der Waals surface area contributed by atoms with Gasteiger partial charge in [0.05, 0.1) is 5.52 Å². The van der Waals surface area contributed by atoms with Gasteiger partial charge < -0.3 is 15.4 Å². The number of rotatable bonds is 7. The van der Waals surface area contributed by atoms with E-state index >= 15 is 4.39 Å². The van der Waals surface area contributed by atoms with Crippen molar-refractivity contribution >= 4 is 57.5 Å². The van der Waals surface area contributed by atoms with Crippen molar-refractivity contribution < 1.29 is 14.3 Å². The van der Waals surface area contributed by atoms with Gasteiger partial charge in [0.2, 0.25) is 5.43 Å². The lowest BCUT2D eigenvalue weighted by atomic mass is 9.98. The third-order valence-electron chi connectivity index (χ3n) is 7.85. The van der Waals surface area contributed by atoms with Gasteiger partial charge in [0, 0.05) is 89.8 Å². The van der Waals surface area contributed by atoms with Crippen molar-refractivity contribution in [2.45, 2.75) is 18.4 Å². The molecule has 1 saturated carbocycles. The fraction of sp³-hybridized carbons (Fsp3) is 0.321. The van der Waals surface area contributed by atoms with E-state index in [1.807, 2.05) is 24.3 Å². The molecule has 2 aromatic carbocycles. The molecule has 3 N–H and O–H groups in total. The number of aromatic amines is 1. The minimum Gasteiger partial charge on any atom is -0.477 e. The minimum absolute atomic E-state index is 0. The highest BCUT2D eigenvalue weighted by Gasteiger charge is 2.51. The number of hydrogen-bond acceptors (Lipinski definition) is 6. The second-order valence-electron chi connectivity index (χ2n) is 10.0. The van der Waals surface area contributed by atoms with Gasteiger partial charge in [-0.1, -0.05) is 11.6 Å². The van der Waals surface area contributed by atoms with E-state index in [4.69, 9.17) is 11.6 Å². The van der Waals surface area contributed by atoms with E-state index in [-0.39, 0.29) is 23.3 Å². The average Bonchev–Trinajstić information content (AvgIpc) is 3.71. The number of hydrogen-bond donors (Lipinski definition) is 3. The van der Waals surface area contributed by atoms with Crippen LogP contribution in [0.25, 0.3) is 21.8 Å². The summed E-state index contributed by atoms with van der Waals surface area (Å²) in [6.45, 7) is 5.08. The maximum Gasteiger partial charge on any atom is 0.341 e. The maximum absolute atomic E-state index is 15.3. The Kier molecular flexibility index (Phi) is 7.52. The van der Waals surface area contributed by atoms with E-state index in [0.717, 1.165) is 68.7 Å². The van der Waals surface area contributed by atoms with Crippen molar-refractivity contribution in [1.29, 1.82) is 0 Å². The lowest BCUT2D eigenvalue weighted by Gasteiger charge is -2.40. The van der Waals surface area contributed by atoms with Crippen LogP contribution in [0.1, 0.15) is 28.8 Å². The summed E-state index contributed by atoms with van der Waals surface area (Å²) in [6, 6.07) is 10.6. The highest BCUT2D eigenvalue weighted by atomic mass is 35.5. The van der Waals surface area contributed by atoms with Crippen LogP contribution in [0.2, 0.25) is 5.02 Å². The Morgan fingerprint density at radius 3 is 2.62 bits per heavy atom. The quantitative estimate of drug-likeness (QED) is 0.295. The molecule has 2 fully saturated rings. The van der Waals surface area contributed by atoms with Crippen molar-refractivity contribution in [2.75, 3.05) is 44.6 Å². The van der Waals surface area contributed by atoms with Gasteiger partial charge in [-0.05, 0) is 49.2 Å². The van der Waals surface area contributed by atoms with Gasteiger partial charge in [-0.25, -0.2) is 9.18 Å². The Hall–Kier alpha value is -3.24. The number of pyridine rings is 2. The molecular formula is C28H28Cl2FN5O3. The molecule has 1 aliphatic heterocycles. The molecule has 0 atom stereocenters. The summed E-state index contributed by atoms with van der Waals surface area (Å²) < 4.78 is 15.3. The third-order valence-corrected chi connectivity index (χ3v) is 8.08. The molecule has 6 rings (SSSR count). The first-order chi connectivity index (χ1) is 18.4. The summed E-state index contributed by atoms with van der Waals surface area (Å²) in [5.74, 6) is -1.79. The third kappa shape index (κ3) is 5.07. The number of H-pyrrole nitrogens is 1. The molecule has 11 heteroatoms. The number of aromatic carboxylic acids is 1. The van der Waals surface area contributed by atoms with Crippen molar-refractivity contribution in [2.24, 2.45) is 0 Å². The van der Waals surface area contributed by atoms with E-state index in [1.165, 1.54) is 12.3 Å². The van der Waals surface area contributed by atoms with Crippen LogP contribution in [-0.2, 0) is 5.54 Å². The van der Waals surface area contributed by atoms with Crippen LogP contribution in [0, 0.1) is 5.82 Å². The number of nitrogens with zero attached hydrogens (tertiary/aromatic N) is 3. The second kappa shape index (κ2) is 10.7. The molecule has 204 valence electrons. The predicted octanol–water partition coefficient (Wildman–Crippen LogP) is 4.71. The molecule has 2 aliphatic rings. The highest BCUT2D eigenvalue weighted by Crippen LogP contribution is 2.52. The summed E-state index contributed by atoms with van der Waals surface area (Å²) in [6.07, 6.45) is 4.67. The van der Waals surface area contributed by atoms with Gasteiger partial charge in [0.25, 0.3) is 0 Å². The Bertz CT molecular complexity index is 1620. The molecule has 0 amide bonds. The Labute approximate surface area is 235 Å². The number of nitrogens with one attached hydrogen (secondary N) is 2. The number of carboxylic acid groups (broad SMARTS) is 1. The van der Waals surface area contributed by atoms with E-state index < -0.39 is 22.8 Å². The summed E-state index contributed by atoms with van der Waals surface area (Å²) in [5.41, 5.74) is 1.48. The van der Waals surface area contributed by atoms with Crippen molar-refractivity contribution in [1.82, 2.24) is 19.8 Å². The normalized spacial score (nSPS) is 17.2. The number of carbonyl (C=O) groups is 1. The molecule has 4 aromatic rings. The summed E-state index contributed by atoms with van der Waals surface area (Å²) in [4.78, 5) is 35.8. The number of anilines is 1.